The Morgan fingerprint density at radius 2 is 2.22 bits per heavy atom. The highest BCUT2D eigenvalue weighted by Gasteiger charge is 2.21. The van der Waals surface area contributed by atoms with Crippen LogP contribution in [0.5, 0.6) is 0 Å². The van der Waals surface area contributed by atoms with Crippen molar-refractivity contribution < 1.29 is 9.32 Å². The van der Waals surface area contributed by atoms with Gasteiger partial charge in [-0.25, -0.2) is 9.78 Å². The van der Waals surface area contributed by atoms with E-state index in [2.05, 4.69) is 20.4 Å². The third kappa shape index (κ3) is 4.33. The first kappa shape index (κ1) is 18.6. The third-order valence-corrected chi connectivity index (χ3v) is 4.35. The van der Waals surface area contributed by atoms with Crippen molar-refractivity contribution in [1.82, 2.24) is 29.9 Å². The van der Waals surface area contributed by atoms with Gasteiger partial charge in [-0.3, -0.25) is 0 Å². The fourth-order valence-electron chi connectivity index (χ4n) is 2.70. The zero-order chi connectivity index (χ0) is 19.4. The monoisotopic (exact) mass is 368 g/mol. The Morgan fingerprint density at radius 3 is 2.89 bits per heavy atom. The molecule has 2 heterocycles. The summed E-state index contributed by atoms with van der Waals surface area (Å²) in [5.74, 6) is 1.70. The average Bonchev–Trinajstić information content (AvgIpc) is 3.29. The fraction of sp³-hybridized carbons (Fsp3) is 0.368. The minimum Gasteiger partial charge on any atom is -0.337 e. The van der Waals surface area contributed by atoms with Crippen molar-refractivity contribution in [3.05, 3.63) is 53.9 Å². The molecule has 0 spiro atoms. The van der Waals surface area contributed by atoms with Gasteiger partial charge in [-0.05, 0) is 26.8 Å². The molecule has 0 saturated heterocycles. The zero-order valence-corrected chi connectivity index (χ0v) is 16.0. The Balaban J connectivity index is 1.66. The van der Waals surface area contributed by atoms with E-state index in [0.717, 1.165) is 17.0 Å². The van der Waals surface area contributed by atoms with Crippen LogP contribution in [0, 0.1) is 6.92 Å². The van der Waals surface area contributed by atoms with Crippen molar-refractivity contribution in [2.75, 3.05) is 6.54 Å². The van der Waals surface area contributed by atoms with Gasteiger partial charge >= 0.3 is 6.03 Å². The van der Waals surface area contributed by atoms with Crippen molar-refractivity contribution >= 4 is 6.03 Å². The van der Waals surface area contributed by atoms with Crippen LogP contribution in [0.25, 0.3) is 11.4 Å². The number of amides is 2. The van der Waals surface area contributed by atoms with Crippen LogP contribution in [-0.4, -0.2) is 37.2 Å². The largest absolute Gasteiger partial charge is 0.337 e. The van der Waals surface area contributed by atoms with Gasteiger partial charge < -0.3 is 19.3 Å². The van der Waals surface area contributed by atoms with Crippen LogP contribution in [0.1, 0.15) is 37.2 Å². The predicted octanol–water partition coefficient (Wildman–Crippen LogP) is 3.07. The normalized spacial score (nSPS) is 12.0. The lowest BCUT2D eigenvalue weighted by Crippen LogP contribution is -2.41. The number of rotatable bonds is 6. The first-order valence-corrected chi connectivity index (χ1v) is 8.90. The van der Waals surface area contributed by atoms with Crippen molar-refractivity contribution in [3.8, 4) is 11.4 Å². The molecule has 1 N–H and O–H groups in total. The zero-order valence-electron chi connectivity index (χ0n) is 16.0. The van der Waals surface area contributed by atoms with Crippen molar-refractivity contribution in [2.45, 2.75) is 33.4 Å². The number of aryl methyl sites for hydroxylation is 2. The summed E-state index contributed by atoms with van der Waals surface area (Å²) < 4.78 is 7.24. The summed E-state index contributed by atoms with van der Waals surface area (Å²) in [5.41, 5.74) is 2.00. The molecule has 0 unspecified atom stereocenters. The first-order valence-electron chi connectivity index (χ1n) is 8.90. The Kier molecular flexibility index (Phi) is 5.54. The van der Waals surface area contributed by atoms with Gasteiger partial charge in [0.15, 0.2) is 0 Å². The van der Waals surface area contributed by atoms with Crippen LogP contribution in [0.4, 0.5) is 4.79 Å². The summed E-state index contributed by atoms with van der Waals surface area (Å²) >= 11 is 0. The molecule has 8 nitrogen and oxygen atoms in total. The molecule has 0 bridgehead atoms. The van der Waals surface area contributed by atoms with Crippen molar-refractivity contribution in [3.63, 3.8) is 0 Å². The van der Waals surface area contributed by atoms with E-state index in [0.29, 0.717) is 24.8 Å². The molecule has 3 rings (SSSR count). The second kappa shape index (κ2) is 8.03. The van der Waals surface area contributed by atoms with Crippen LogP contribution in [0.15, 0.2) is 41.2 Å². The average molecular weight is 368 g/mol. The number of nitrogens with zero attached hydrogens (tertiary/aromatic N) is 5. The topological polar surface area (TPSA) is 89.1 Å². The molecular formula is C19H24N6O2. The quantitative estimate of drug-likeness (QED) is 0.722. The maximum Gasteiger partial charge on any atom is 0.318 e. The Bertz CT molecular complexity index is 916. The molecule has 0 aliphatic heterocycles. The molecule has 27 heavy (non-hydrogen) atoms. The molecule has 0 radical (unpaired) electrons. The van der Waals surface area contributed by atoms with E-state index in [9.17, 15) is 4.79 Å². The minimum absolute atomic E-state index is 0.205. The molecule has 2 aromatic heterocycles. The molecule has 0 fully saturated rings. The lowest BCUT2D eigenvalue weighted by atomic mass is 10.1. The van der Waals surface area contributed by atoms with Crippen molar-refractivity contribution in [2.24, 2.45) is 7.05 Å². The van der Waals surface area contributed by atoms with Crippen LogP contribution in [0.3, 0.4) is 0 Å². The van der Waals surface area contributed by atoms with Gasteiger partial charge in [0.05, 0.1) is 6.54 Å². The van der Waals surface area contributed by atoms with Gasteiger partial charge in [0, 0.05) is 31.5 Å². The number of carbonyl (C=O) groups is 1. The summed E-state index contributed by atoms with van der Waals surface area (Å²) in [6.07, 6.45) is 3.57. The summed E-state index contributed by atoms with van der Waals surface area (Å²) in [7, 11) is 1.90. The second-order valence-electron chi connectivity index (χ2n) is 6.47. The molecule has 2 amide bonds. The van der Waals surface area contributed by atoms with Gasteiger partial charge in [-0.1, -0.05) is 28.9 Å². The van der Waals surface area contributed by atoms with E-state index in [1.165, 1.54) is 0 Å². The number of carbonyl (C=O) groups excluding carboxylic acids is 1. The van der Waals surface area contributed by atoms with Gasteiger partial charge in [-0.15, -0.1) is 0 Å². The van der Waals surface area contributed by atoms with Crippen LogP contribution >= 0.6 is 0 Å². The van der Waals surface area contributed by atoms with Crippen LogP contribution in [0.2, 0.25) is 0 Å². The highest BCUT2D eigenvalue weighted by molar-refractivity contribution is 5.74. The molecule has 142 valence electrons. The van der Waals surface area contributed by atoms with Gasteiger partial charge in [-0.2, -0.15) is 4.98 Å². The SMILES string of the molecule is CCN(Cc1nccn1C)C(=O)N[C@@H](C)c1nc(-c2cccc(C)c2)no1. The van der Waals surface area contributed by atoms with Gasteiger partial charge in [0.1, 0.15) is 11.9 Å². The minimum atomic E-state index is -0.404. The van der Waals surface area contributed by atoms with E-state index in [4.69, 9.17) is 4.52 Å². The smallest absolute Gasteiger partial charge is 0.318 e. The highest BCUT2D eigenvalue weighted by atomic mass is 16.5. The maximum absolute atomic E-state index is 12.6. The number of aromatic nitrogens is 4. The number of urea groups is 1. The summed E-state index contributed by atoms with van der Waals surface area (Å²) in [6, 6.07) is 7.26. The van der Waals surface area contributed by atoms with E-state index >= 15 is 0 Å². The third-order valence-electron chi connectivity index (χ3n) is 4.35. The summed E-state index contributed by atoms with van der Waals surface area (Å²) in [5, 5.41) is 6.94. The Labute approximate surface area is 158 Å². The van der Waals surface area contributed by atoms with E-state index < -0.39 is 6.04 Å². The highest BCUT2D eigenvalue weighted by Crippen LogP contribution is 2.19. The van der Waals surface area contributed by atoms with Crippen LogP contribution in [-0.2, 0) is 13.6 Å². The first-order chi connectivity index (χ1) is 13.0. The molecular weight excluding hydrogens is 344 g/mol. The van der Waals surface area contributed by atoms with Gasteiger partial charge in [0.25, 0.3) is 0 Å². The molecule has 0 aliphatic rings. The number of imidazole rings is 1. The molecule has 1 atom stereocenters. The van der Waals surface area contributed by atoms with Crippen molar-refractivity contribution in [1.29, 1.82) is 0 Å². The fourth-order valence-corrected chi connectivity index (χ4v) is 2.70. The number of nitrogens with one attached hydrogen (secondary N) is 1. The predicted molar refractivity (Wildman–Crippen MR) is 101 cm³/mol. The molecule has 3 aromatic rings. The Morgan fingerprint density at radius 1 is 1.41 bits per heavy atom. The number of benzene rings is 1. The molecule has 1 aromatic carbocycles. The molecule has 8 heteroatoms. The summed E-state index contributed by atoms with van der Waals surface area (Å²) in [4.78, 5) is 23.0. The van der Waals surface area contributed by atoms with Crippen LogP contribution < -0.4 is 5.32 Å². The summed E-state index contributed by atoms with van der Waals surface area (Å²) in [6.45, 7) is 6.74. The van der Waals surface area contributed by atoms with Gasteiger partial charge in [0.2, 0.25) is 11.7 Å². The molecule has 0 saturated carbocycles. The van der Waals surface area contributed by atoms with E-state index in [1.807, 2.05) is 62.8 Å². The Hall–Kier alpha value is -3.16. The molecule has 0 aliphatic carbocycles. The maximum atomic E-state index is 12.6. The van der Waals surface area contributed by atoms with E-state index in [-0.39, 0.29) is 6.03 Å². The second-order valence-corrected chi connectivity index (χ2v) is 6.47. The standard InChI is InChI=1S/C19H24N6O2/c1-5-25(12-16-20-9-10-24(16)4)19(26)21-14(3)18-22-17(23-27-18)15-8-6-7-13(2)11-15/h6-11,14H,5,12H2,1-4H3,(H,21,26)/t14-/m0/s1. The van der Waals surface area contributed by atoms with E-state index in [1.54, 1.807) is 11.1 Å². The lowest BCUT2D eigenvalue weighted by Gasteiger charge is -2.22. The number of hydrogen-bond acceptors (Lipinski definition) is 5. The lowest BCUT2D eigenvalue weighted by molar-refractivity contribution is 0.190. The number of hydrogen-bond donors (Lipinski definition) is 1.